The van der Waals surface area contributed by atoms with E-state index >= 15 is 0 Å². The molecule has 1 fully saturated rings. The lowest BCUT2D eigenvalue weighted by molar-refractivity contribution is 0.310. The third-order valence-corrected chi connectivity index (χ3v) is 7.21. The van der Waals surface area contributed by atoms with Crippen LogP contribution in [0.4, 0.5) is 0 Å². The molecule has 122 valence electrons. The Bertz CT molecular complexity index is 807. The van der Waals surface area contributed by atoms with Gasteiger partial charge >= 0.3 is 0 Å². The Kier molecular flexibility index (Phi) is 4.75. The van der Waals surface area contributed by atoms with Gasteiger partial charge in [0.15, 0.2) is 4.90 Å². The van der Waals surface area contributed by atoms with Gasteiger partial charge in [-0.1, -0.05) is 48.5 Å². The normalized spacial score (nSPS) is 15.5. The molecular weight excluding hydrogens is 312 g/mol. The third-order valence-electron chi connectivity index (χ3n) is 4.67. The highest BCUT2D eigenvalue weighted by molar-refractivity contribution is 7.97. The van der Waals surface area contributed by atoms with Gasteiger partial charge < -0.3 is 4.74 Å². The van der Waals surface area contributed by atoms with Crippen molar-refractivity contribution in [1.29, 1.82) is 0 Å². The third kappa shape index (κ3) is 3.29. The maximum absolute atomic E-state index is 6.15. The molecule has 0 N–H and O–H groups in total. The van der Waals surface area contributed by atoms with Crippen molar-refractivity contribution in [3.63, 3.8) is 0 Å². The van der Waals surface area contributed by atoms with E-state index in [1.54, 1.807) is 0 Å². The van der Waals surface area contributed by atoms with Crippen molar-refractivity contribution in [2.45, 2.75) is 30.8 Å². The Labute approximate surface area is 147 Å². The molecule has 3 aromatic rings. The van der Waals surface area contributed by atoms with Crippen molar-refractivity contribution < 1.29 is 4.74 Å². The summed E-state index contributed by atoms with van der Waals surface area (Å²) in [5.74, 6) is 3.71. The lowest BCUT2D eigenvalue weighted by Gasteiger charge is -2.16. The molecule has 1 aliphatic rings. The topological polar surface area (TPSA) is 9.23 Å². The summed E-state index contributed by atoms with van der Waals surface area (Å²) in [6.45, 7) is 0.621. The van der Waals surface area contributed by atoms with Crippen LogP contribution in [0.5, 0.6) is 5.75 Å². The molecule has 0 spiro atoms. The Morgan fingerprint density at radius 3 is 2.21 bits per heavy atom. The van der Waals surface area contributed by atoms with Crippen LogP contribution in [-0.2, 0) is 17.5 Å². The fourth-order valence-electron chi connectivity index (χ4n) is 3.41. The molecule has 3 aromatic carbocycles. The highest BCUT2D eigenvalue weighted by Crippen LogP contribution is 2.34. The molecule has 0 radical (unpaired) electrons. The SMILES string of the molecule is c1ccc(COc2ccc([S+]3CCCCC3)c3ccccc23)cc1. The van der Waals surface area contributed by atoms with E-state index in [1.165, 1.54) is 52.0 Å². The lowest BCUT2D eigenvalue weighted by Crippen LogP contribution is -2.18. The van der Waals surface area contributed by atoms with Crippen LogP contribution in [0, 0.1) is 0 Å². The van der Waals surface area contributed by atoms with Crippen molar-refractivity contribution in [2.24, 2.45) is 0 Å². The Morgan fingerprint density at radius 2 is 1.42 bits per heavy atom. The van der Waals surface area contributed by atoms with Crippen molar-refractivity contribution >= 4 is 21.7 Å². The summed E-state index contributed by atoms with van der Waals surface area (Å²) in [5, 5.41) is 2.64. The van der Waals surface area contributed by atoms with Crippen LogP contribution in [0.25, 0.3) is 10.8 Å². The van der Waals surface area contributed by atoms with Gasteiger partial charge in [0.1, 0.15) is 23.9 Å². The van der Waals surface area contributed by atoms with Crippen LogP contribution in [0.1, 0.15) is 24.8 Å². The molecule has 2 heteroatoms. The standard InChI is InChI=1S/C22H23OS/c1-3-9-18(10-4-1)17-23-21-13-14-22(24-15-7-2-8-16-24)20-12-6-5-11-19(20)21/h1,3-6,9-14H,2,7-8,15-17H2/q+1. The Morgan fingerprint density at radius 1 is 0.708 bits per heavy atom. The van der Waals surface area contributed by atoms with E-state index in [4.69, 9.17) is 4.74 Å². The molecule has 4 rings (SSSR count). The van der Waals surface area contributed by atoms with Gasteiger partial charge in [0, 0.05) is 21.7 Å². The number of hydrogen-bond acceptors (Lipinski definition) is 1. The second kappa shape index (κ2) is 7.31. The van der Waals surface area contributed by atoms with Crippen LogP contribution in [-0.4, -0.2) is 11.5 Å². The van der Waals surface area contributed by atoms with E-state index in [0.29, 0.717) is 17.5 Å². The smallest absolute Gasteiger partial charge is 0.162 e. The predicted octanol–water partition coefficient (Wildman–Crippen LogP) is 5.58. The van der Waals surface area contributed by atoms with Crippen molar-refractivity contribution in [3.8, 4) is 5.75 Å². The van der Waals surface area contributed by atoms with Gasteiger partial charge in [0.2, 0.25) is 0 Å². The van der Waals surface area contributed by atoms with Gasteiger partial charge in [-0.05, 0) is 43.0 Å². The molecule has 0 aliphatic carbocycles. The number of hydrogen-bond donors (Lipinski definition) is 0. The maximum atomic E-state index is 6.15. The summed E-state index contributed by atoms with van der Waals surface area (Å²) in [6.07, 6.45) is 4.16. The molecule has 1 aliphatic heterocycles. The van der Waals surface area contributed by atoms with Crippen LogP contribution < -0.4 is 4.74 Å². The summed E-state index contributed by atoms with van der Waals surface area (Å²) in [6, 6.07) is 23.6. The van der Waals surface area contributed by atoms with Crippen LogP contribution in [0.2, 0.25) is 0 Å². The zero-order valence-electron chi connectivity index (χ0n) is 13.9. The average molecular weight is 335 g/mol. The second-order valence-corrected chi connectivity index (χ2v) is 8.59. The maximum Gasteiger partial charge on any atom is 0.162 e. The van der Waals surface area contributed by atoms with Gasteiger partial charge in [-0.25, -0.2) is 0 Å². The summed E-state index contributed by atoms with van der Waals surface area (Å²) in [7, 11) is 0.414. The van der Waals surface area contributed by atoms with Gasteiger partial charge in [0.25, 0.3) is 0 Å². The zero-order chi connectivity index (χ0) is 16.2. The Balaban J connectivity index is 1.65. The first-order valence-corrected chi connectivity index (χ1v) is 10.3. The van der Waals surface area contributed by atoms with Gasteiger partial charge in [0.05, 0.1) is 0 Å². The number of ether oxygens (including phenoxy) is 1. The molecule has 0 aromatic heterocycles. The molecule has 0 atom stereocenters. The minimum absolute atomic E-state index is 0.414. The molecule has 0 amide bonds. The van der Waals surface area contributed by atoms with E-state index in [-0.39, 0.29) is 0 Å². The van der Waals surface area contributed by atoms with Gasteiger partial charge in [-0.2, -0.15) is 0 Å². The van der Waals surface area contributed by atoms with E-state index in [2.05, 4.69) is 60.7 Å². The van der Waals surface area contributed by atoms with Crippen molar-refractivity contribution in [1.82, 2.24) is 0 Å². The first-order valence-electron chi connectivity index (χ1n) is 8.78. The van der Waals surface area contributed by atoms with Crippen LogP contribution >= 0.6 is 0 Å². The lowest BCUT2D eigenvalue weighted by atomic mass is 10.1. The van der Waals surface area contributed by atoms with E-state index in [1.807, 2.05) is 6.07 Å². The molecule has 24 heavy (non-hydrogen) atoms. The second-order valence-electron chi connectivity index (χ2n) is 6.34. The number of fused-ring (bicyclic) bond motifs is 1. The summed E-state index contributed by atoms with van der Waals surface area (Å²) in [4.78, 5) is 1.54. The Hall–Kier alpha value is -1.93. The van der Waals surface area contributed by atoms with Crippen LogP contribution in [0.15, 0.2) is 71.6 Å². The molecule has 1 saturated heterocycles. The largest absolute Gasteiger partial charge is 0.488 e. The van der Waals surface area contributed by atoms with E-state index in [0.717, 1.165) is 5.75 Å². The first-order chi connectivity index (χ1) is 11.9. The monoisotopic (exact) mass is 335 g/mol. The highest BCUT2D eigenvalue weighted by Gasteiger charge is 2.27. The summed E-state index contributed by atoms with van der Waals surface area (Å²) in [5.41, 5.74) is 1.21. The highest BCUT2D eigenvalue weighted by atomic mass is 32.2. The number of benzene rings is 3. The molecule has 1 heterocycles. The van der Waals surface area contributed by atoms with E-state index < -0.39 is 0 Å². The average Bonchev–Trinajstić information content (AvgIpc) is 2.67. The summed E-state index contributed by atoms with van der Waals surface area (Å²) < 4.78 is 6.15. The van der Waals surface area contributed by atoms with Crippen LogP contribution in [0.3, 0.4) is 0 Å². The van der Waals surface area contributed by atoms with Crippen molar-refractivity contribution in [2.75, 3.05) is 11.5 Å². The fraction of sp³-hybridized carbons (Fsp3) is 0.273. The molecule has 0 saturated carbocycles. The molecule has 1 nitrogen and oxygen atoms in total. The van der Waals surface area contributed by atoms with Gasteiger partial charge in [-0.3, -0.25) is 0 Å². The first kappa shape index (κ1) is 15.6. The molecule has 0 unspecified atom stereocenters. The summed E-state index contributed by atoms with van der Waals surface area (Å²) >= 11 is 0. The van der Waals surface area contributed by atoms with E-state index in [9.17, 15) is 0 Å². The van der Waals surface area contributed by atoms with Gasteiger partial charge in [-0.15, -0.1) is 0 Å². The minimum Gasteiger partial charge on any atom is -0.488 e. The molecular formula is C22H23OS+. The quantitative estimate of drug-likeness (QED) is 0.566. The number of rotatable bonds is 4. The zero-order valence-corrected chi connectivity index (χ0v) is 14.7. The predicted molar refractivity (Wildman–Crippen MR) is 104 cm³/mol. The molecule has 0 bridgehead atoms. The fourth-order valence-corrected chi connectivity index (χ4v) is 5.91. The minimum atomic E-state index is 0.414. The van der Waals surface area contributed by atoms with Crippen molar-refractivity contribution in [3.05, 3.63) is 72.3 Å².